The lowest BCUT2D eigenvalue weighted by atomic mass is 10.3. The zero-order valence-electron chi connectivity index (χ0n) is 25.8. The van der Waals surface area contributed by atoms with E-state index in [9.17, 15) is 24.0 Å². The van der Waals surface area contributed by atoms with Gasteiger partial charge in [0, 0.05) is 72.4 Å². The van der Waals surface area contributed by atoms with E-state index in [0.29, 0.717) is 17.1 Å². The van der Waals surface area contributed by atoms with Crippen molar-refractivity contribution in [2.75, 3.05) is 28.4 Å². The van der Waals surface area contributed by atoms with E-state index in [-0.39, 0.29) is 34.5 Å². The van der Waals surface area contributed by atoms with Crippen LogP contribution in [0.3, 0.4) is 0 Å². The summed E-state index contributed by atoms with van der Waals surface area (Å²) in [5.41, 5.74) is 1.85. The van der Waals surface area contributed by atoms with Crippen molar-refractivity contribution in [3.63, 3.8) is 0 Å². The van der Waals surface area contributed by atoms with E-state index in [1.54, 1.807) is 69.2 Å². The quantitative estimate of drug-likeness (QED) is 0.178. The number of amides is 4. The van der Waals surface area contributed by atoms with Crippen LogP contribution in [0.4, 0.5) is 22.9 Å². The molecule has 238 valence electrons. The molecule has 46 heavy (non-hydrogen) atoms. The molecule has 17 nitrogen and oxygen atoms in total. The van der Waals surface area contributed by atoms with E-state index in [2.05, 4.69) is 31.2 Å². The second-order valence-corrected chi connectivity index (χ2v) is 10.4. The normalized spacial score (nSPS) is 10.8. The standard InChI is InChI=1S/C29H31N11O6/c1-36-8-7-30-23(36)27(43)32-17-10-19(37(2)13-17)25(41)31-16-9-20(38(3)12-16)26(42)35-22-15-40(5)24(34-22)28(44)33-18-11-21(29(45)46-6)39(4)14-18/h7-15H,1-6H3,(H,31,41)(H,32,43)(H,33,44)(H,35,42). The summed E-state index contributed by atoms with van der Waals surface area (Å²) in [6.45, 7) is 0. The Morgan fingerprint density at radius 2 is 1.07 bits per heavy atom. The van der Waals surface area contributed by atoms with E-state index in [1.165, 1.54) is 51.4 Å². The Labute approximate surface area is 261 Å². The number of esters is 1. The van der Waals surface area contributed by atoms with Crippen LogP contribution in [0.2, 0.25) is 0 Å². The van der Waals surface area contributed by atoms with Crippen molar-refractivity contribution < 1.29 is 28.7 Å². The topological polar surface area (TPSA) is 193 Å². The third-order valence-electron chi connectivity index (χ3n) is 6.99. The van der Waals surface area contributed by atoms with Crippen molar-refractivity contribution in [1.82, 2.24) is 32.8 Å². The number of methoxy groups -OCH3 is 1. The van der Waals surface area contributed by atoms with Gasteiger partial charge in [0.05, 0.1) is 24.2 Å². The van der Waals surface area contributed by atoms with Crippen LogP contribution in [-0.2, 0) is 40.0 Å². The first kappa shape index (κ1) is 31.0. The number of anilines is 4. The van der Waals surface area contributed by atoms with Crippen molar-refractivity contribution in [3.8, 4) is 0 Å². The highest BCUT2D eigenvalue weighted by Crippen LogP contribution is 2.20. The number of ether oxygens (including phenoxy) is 1. The molecule has 0 unspecified atom stereocenters. The van der Waals surface area contributed by atoms with Crippen LogP contribution in [0.25, 0.3) is 0 Å². The van der Waals surface area contributed by atoms with Crippen LogP contribution >= 0.6 is 0 Å². The molecule has 0 aliphatic carbocycles. The predicted molar refractivity (Wildman–Crippen MR) is 166 cm³/mol. The first-order chi connectivity index (χ1) is 21.8. The molecule has 0 bridgehead atoms. The number of hydrogen-bond acceptors (Lipinski definition) is 8. The van der Waals surface area contributed by atoms with E-state index in [1.807, 2.05) is 0 Å². The summed E-state index contributed by atoms with van der Waals surface area (Å²) in [5.74, 6) is -2.17. The lowest BCUT2D eigenvalue weighted by Crippen LogP contribution is -2.17. The number of carbonyl (C=O) groups excluding carboxylic acids is 5. The number of hydrogen-bond donors (Lipinski definition) is 4. The van der Waals surface area contributed by atoms with Gasteiger partial charge in [-0.25, -0.2) is 14.8 Å². The van der Waals surface area contributed by atoms with Gasteiger partial charge < -0.3 is 48.8 Å². The fraction of sp³-hybridized carbons (Fsp3) is 0.207. The fourth-order valence-corrected chi connectivity index (χ4v) is 4.73. The highest BCUT2D eigenvalue weighted by Gasteiger charge is 2.21. The van der Waals surface area contributed by atoms with Crippen LogP contribution in [0, 0.1) is 0 Å². The summed E-state index contributed by atoms with van der Waals surface area (Å²) in [7, 11) is 9.50. The minimum Gasteiger partial charge on any atom is -0.464 e. The van der Waals surface area contributed by atoms with Gasteiger partial charge in [-0.2, -0.15) is 0 Å². The number of rotatable bonds is 9. The van der Waals surface area contributed by atoms with Crippen LogP contribution in [-0.4, -0.2) is 69.5 Å². The summed E-state index contributed by atoms with van der Waals surface area (Å²) in [6.07, 6.45) is 9.36. The molecule has 0 radical (unpaired) electrons. The molecule has 4 N–H and O–H groups in total. The molecular weight excluding hydrogens is 598 g/mol. The molecule has 0 saturated heterocycles. The Hall–Kier alpha value is -6.39. The van der Waals surface area contributed by atoms with E-state index in [4.69, 9.17) is 4.74 Å². The van der Waals surface area contributed by atoms with Crippen LogP contribution in [0.1, 0.15) is 52.7 Å². The van der Waals surface area contributed by atoms with Gasteiger partial charge in [-0.1, -0.05) is 0 Å². The second-order valence-electron chi connectivity index (χ2n) is 10.4. The van der Waals surface area contributed by atoms with Crippen LogP contribution in [0.15, 0.2) is 55.4 Å². The minimum atomic E-state index is -0.561. The average Bonchev–Trinajstić information content (AvgIpc) is 3.81. The maximum absolute atomic E-state index is 13.1. The van der Waals surface area contributed by atoms with Crippen LogP contribution in [0.5, 0.6) is 0 Å². The maximum atomic E-state index is 13.1. The SMILES string of the molecule is COC(=O)c1cc(NC(=O)c2nc(NC(=O)c3cc(NC(=O)c4cc(NC(=O)c5nccn5C)cn4C)cn3C)cn2C)cn1C. The van der Waals surface area contributed by atoms with Crippen molar-refractivity contribution in [3.05, 3.63) is 84.1 Å². The highest BCUT2D eigenvalue weighted by atomic mass is 16.5. The van der Waals surface area contributed by atoms with Crippen molar-refractivity contribution in [1.29, 1.82) is 0 Å². The Balaban J connectivity index is 1.22. The molecule has 0 aromatic carbocycles. The Morgan fingerprint density at radius 3 is 1.59 bits per heavy atom. The number of nitrogens with zero attached hydrogens (tertiary/aromatic N) is 7. The summed E-state index contributed by atoms with van der Waals surface area (Å²) in [4.78, 5) is 71.7. The van der Waals surface area contributed by atoms with Crippen molar-refractivity contribution in [2.45, 2.75) is 0 Å². The zero-order valence-corrected chi connectivity index (χ0v) is 25.8. The van der Waals surface area contributed by atoms with E-state index in [0.717, 1.165) is 0 Å². The number of aromatic nitrogens is 7. The van der Waals surface area contributed by atoms with Gasteiger partial charge in [0.25, 0.3) is 23.6 Å². The molecule has 4 amide bonds. The van der Waals surface area contributed by atoms with Crippen molar-refractivity contribution >= 4 is 52.5 Å². The number of nitrogens with one attached hydrogen (secondary N) is 4. The molecule has 5 heterocycles. The van der Waals surface area contributed by atoms with Gasteiger partial charge in [0.1, 0.15) is 17.1 Å². The summed E-state index contributed by atoms with van der Waals surface area (Å²) in [5, 5.41) is 10.8. The van der Waals surface area contributed by atoms with Crippen molar-refractivity contribution in [2.24, 2.45) is 35.2 Å². The number of imidazole rings is 2. The third-order valence-corrected chi connectivity index (χ3v) is 6.99. The monoisotopic (exact) mass is 629 g/mol. The van der Waals surface area contributed by atoms with Gasteiger partial charge in [-0.05, 0) is 18.2 Å². The molecule has 5 aromatic rings. The summed E-state index contributed by atoms with van der Waals surface area (Å²) in [6, 6.07) is 4.49. The molecule has 0 aliphatic rings. The molecule has 0 atom stereocenters. The lowest BCUT2D eigenvalue weighted by molar-refractivity contribution is 0.0589. The van der Waals surface area contributed by atoms with Gasteiger partial charge >= 0.3 is 5.97 Å². The third kappa shape index (κ3) is 6.28. The van der Waals surface area contributed by atoms with Gasteiger partial charge in [0.15, 0.2) is 11.6 Å². The Morgan fingerprint density at radius 1 is 0.587 bits per heavy atom. The zero-order chi connectivity index (χ0) is 33.3. The fourth-order valence-electron chi connectivity index (χ4n) is 4.73. The molecule has 17 heteroatoms. The molecular formula is C29H31N11O6. The first-order valence-corrected chi connectivity index (χ1v) is 13.7. The van der Waals surface area contributed by atoms with Gasteiger partial charge in [0.2, 0.25) is 5.82 Å². The molecule has 5 rings (SSSR count). The lowest BCUT2D eigenvalue weighted by Gasteiger charge is -2.03. The Kier molecular flexibility index (Phi) is 8.31. The number of carbonyl (C=O) groups is 5. The smallest absolute Gasteiger partial charge is 0.354 e. The minimum absolute atomic E-state index is 0.0108. The van der Waals surface area contributed by atoms with Gasteiger partial charge in [-0.15, -0.1) is 0 Å². The maximum Gasteiger partial charge on any atom is 0.354 e. The second kappa shape index (κ2) is 12.3. The molecule has 0 fully saturated rings. The summed E-state index contributed by atoms with van der Waals surface area (Å²) >= 11 is 0. The van der Waals surface area contributed by atoms with Crippen LogP contribution < -0.4 is 21.3 Å². The van der Waals surface area contributed by atoms with E-state index >= 15 is 0 Å². The largest absolute Gasteiger partial charge is 0.464 e. The number of aryl methyl sites for hydroxylation is 5. The average molecular weight is 630 g/mol. The Bertz CT molecular complexity index is 2000. The van der Waals surface area contributed by atoms with E-state index < -0.39 is 29.6 Å². The molecule has 0 spiro atoms. The predicted octanol–water partition coefficient (Wildman–Crippen LogP) is 1.96. The van der Waals surface area contributed by atoms with Gasteiger partial charge in [-0.3, -0.25) is 19.2 Å². The molecule has 0 aliphatic heterocycles. The summed E-state index contributed by atoms with van der Waals surface area (Å²) < 4.78 is 12.4. The molecule has 0 saturated carbocycles. The highest BCUT2D eigenvalue weighted by molar-refractivity contribution is 6.08. The molecule has 5 aromatic heterocycles. The first-order valence-electron chi connectivity index (χ1n) is 13.7.